The summed E-state index contributed by atoms with van der Waals surface area (Å²) in [7, 11) is 0. The van der Waals surface area contributed by atoms with Gasteiger partial charge in [-0.05, 0) is 62.3 Å². The topological polar surface area (TPSA) is 53.8 Å². The fourth-order valence-electron chi connectivity index (χ4n) is 3.86. The first-order valence-electron chi connectivity index (χ1n) is 11.1. The molecule has 1 saturated heterocycles. The van der Waals surface area contributed by atoms with E-state index in [-0.39, 0.29) is 0 Å². The van der Waals surface area contributed by atoms with E-state index < -0.39 is 0 Å². The van der Waals surface area contributed by atoms with E-state index in [4.69, 9.17) is 21.5 Å². The number of thiocarbonyl (C=S) groups is 1. The van der Waals surface area contributed by atoms with Gasteiger partial charge in [-0.1, -0.05) is 35.5 Å². The lowest BCUT2D eigenvalue weighted by Crippen LogP contribution is -2.37. The summed E-state index contributed by atoms with van der Waals surface area (Å²) < 4.78 is 11.2. The molecular formula is C25H30N4O2S. The summed E-state index contributed by atoms with van der Waals surface area (Å²) in [4.78, 5) is 4.70. The van der Waals surface area contributed by atoms with Gasteiger partial charge in [0.15, 0.2) is 5.11 Å². The fraction of sp³-hybridized carbons (Fsp3) is 0.360. The van der Waals surface area contributed by atoms with Gasteiger partial charge in [0.2, 0.25) is 0 Å². The number of hydrogen-bond donors (Lipinski definition) is 1. The lowest BCUT2D eigenvalue weighted by atomic mass is 10.2. The van der Waals surface area contributed by atoms with Crippen molar-refractivity contribution in [2.75, 3.05) is 31.5 Å². The number of nitrogens with zero attached hydrogens (tertiary/aromatic N) is 3. The molecule has 1 aliphatic rings. The molecule has 7 heteroatoms. The Kier molecular flexibility index (Phi) is 7.39. The van der Waals surface area contributed by atoms with Crippen LogP contribution in [0.25, 0.3) is 0 Å². The molecule has 0 bridgehead atoms. The van der Waals surface area contributed by atoms with E-state index in [2.05, 4.69) is 32.4 Å². The monoisotopic (exact) mass is 450 g/mol. The molecule has 1 N–H and O–H groups in total. The molecule has 1 aliphatic heterocycles. The molecule has 0 radical (unpaired) electrons. The van der Waals surface area contributed by atoms with Crippen LogP contribution in [-0.4, -0.2) is 46.2 Å². The predicted octanol–water partition coefficient (Wildman–Crippen LogP) is 4.78. The van der Waals surface area contributed by atoms with E-state index >= 15 is 0 Å². The SMILES string of the molecule is Cc1noc(C)c1CN1CCCN(C(=S)Nc2ccc(OCc3ccccc3)cc2)CC1. The maximum Gasteiger partial charge on any atom is 0.173 e. The van der Waals surface area contributed by atoms with Gasteiger partial charge in [-0.3, -0.25) is 4.90 Å². The summed E-state index contributed by atoms with van der Waals surface area (Å²) in [5, 5.41) is 8.22. The molecule has 0 saturated carbocycles. The summed E-state index contributed by atoms with van der Waals surface area (Å²) in [5.74, 6) is 1.76. The average Bonchev–Trinajstić information content (AvgIpc) is 3.00. The Hall–Kier alpha value is -2.90. The van der Waals surface area contributed by atoms with Crippen molar-refractivity contribution < 1.29 is 9.26 Å². The fourth-order valence-corrected chi connectivity index (χ4v) is 4.16. The van der Waals surface area contributed by atoms with E-state index in [1.807, 2.05) is 56.3 Å². The van der Waals surface area contributed by atoms with Gasteiger partial charge < -0.3 is 19.5 Å². The summed E-state index contributed by atoms with van der Waals surface area (Å²) in [6.07, 6.45) is 1.07. The molecule has 2 aromatic carbocycles. The summed E-state index contributed by atoms with van der Waals surface area (Å²) in [6.45, 7) is 9.26. The van der Waals surface area contributed by atoms with E-state index in [9.17, 15) is 0 Å². The number of nitrogens with one attached hydrogen (secondary N) is 1. The first-order valence-corrected chi connectivity index (χ1v) is 11.5. The summed E-state index contributed by atoms with van der Waals surface area (Å²) >= 11 is 5.70. The van der Waals surface area contributed by atoms with Crippen LogP contribution in [0.15, 0.2) is 59.1 Å². The normalized spacial score (nSPS) is 14.8. The van der Waals surface area contributed by atoms with Crippen LogP contribution in [0.1, 0.15) is 29.0 Å². The zero-order valence-electron chi connectivity index (χ0n) is 18.7. The molecule has 1 aromatic heterocycles. The van der Waals surface area contributed by atoms with Crippen LogP contribution in [0, 0.1) is 13.8 Å². The minimum atomic E-state index is 0.560. The molecule has 6 nitrogen and oxygen atoms in total. The van der Waals surface area contributed by atoms with Gasteiger partial charge in [-0.25, -0.2) is 0 Å². The van der Waals surface area contributed by atoms with Gasteiger partial charge >= 0.3 is 0 Å². The first-order chi connectivity index (χ1) is 15.6. The molecule has 1 fully saturated rings. The van der Waals surface area contributed by atoms with Crippen molar-refractivity contribution in [1.82, 2.24) is 15.0 Å². The number of anilines is 1. The van der Waals surface area contributed by atoms with Crippen LogP contribution >= 0.6 is 12.2 Å². The van der Waals surface area contributed by atoms with E-state index in [1.54, 1.807) is 0 Å². The Balaban J connectivity index is 1.26. The van der Waals surface area contributed by atoms with Gasteiger partial charge in [0.1, 0.15) is 18.1 Å². The van der Waals surface area contributed by atoms with Gasteiger partial charge in [-0.15, -0.1) is 0 Å². The maximum absolute atomic E-state index is 5.87. The highest BCUT2D eigenvalue weighted by Crippen LogP contribution is 2.19. The van der Waals surface area contributed by atoms with Gasteiger partial charge in [0.05, 0.1) is 5.69 Å². The molecule has 168 valence electrons. The third-order valence-corrected chi connectivity index (χ3v) is 6.15. The molecule has 32 heavy (non-hydrogen) atoms. The van der Waals surface area contributed by atoms with Crippen LogP contribution in [0.5, 0.6) is 5.75 Å². The van der Waals surface area contributed by atoms with Crippen LogP contribution in [-0.2, 0) is 13.2 Å². The predicted molar refractivity (Wildman–Crippen MR) is 131 cm³/mol. The molecule has 4 rings (SSSR count). The number of ether oxygens (including phenoxy) is 1. The van der Waals surface area contributed by atoms with Gasteiger partial charge in [0.25, 0.3) is 0 Å². The number of hydrogen-bond acceptors (Lipinski definition) is 5. The summed E-state index contributed by atoms with van der Waals surface area (Å²) in [5.41, 5.74) is 4.31. The zero-order chi connectivity index (χ0) is 22.3. The second-order valence-electron chi connectivity index (χ2n) is 8.15. The van der Waals surface area contributed by atoms with Crippen molar-refractivity contribution >= 4 is 23.0 Å². The van der Waals surface area contributed by atoms with E-state index in [0.29, 0.717) is 6.61 Å². The standard InChI is InChI=1S/C25H30N4O2S/c1-19-24(20(2)31-27-19)17-28-13-6-14-29(16-15-28)25(32)26-22-9-11-23(12-10-22)30-18-21-7-4-3-5-8-21/h3-5,7-12H,6,13-18H2,1-2H3,(H,26,32). The lowest BCUT2D eigenvalue weighted by Gasteiger charge is -2.24. The van der Waals surface area contributed by atoms with Gasteiger partial charge in [-0.2, -0.15) is 0 Å². The summed E-state index contributed by atoms with van der Waals surface area (Å²) in [6, 6.07) is 18.1. The first kappa shape index (κ1) is 22.3. The molecule has 2 heterocycles. The number of aromatic nitrogens is 1. The second kappa shape index (κ2) is 10.6. The Morgan fingerprint density at radius 3 is 2.53 bits per heavy atom. The minimum absolute atomic E-state index is 0.560. The third kappa shape index (κ3) is 5.87. The minimum Gasteiger partial charge on any atom is -0.489 e. The molecule has 0 aliphatic carbocycles. The highest BCUT2D eigenvalue weighted by atomic mass is 32.1. The second-order valence-corrected chi connectivity index (χ2v) is 8.53. The molecule has 3 aromatic rings. The van der Waals surface area contributed by atoms with Crippen molar-refractivity contribution in [3.8, 4) is 5.75 Å². The maximum atomic E-state index is 5.87. The molecular weight excluding hydrogens is 420 g/mol. The largest absolute Gasteiger partial charge is 0.489 e. The number of aryl methyl sites for hydroxylation is 2. The van der Waals surface area contributed by atoms with Crippen molar-refractivity contribution in [3.63, 3.8) is 0 Å². The zero-order valence-corrected chi connectivity index (χ0v) is 19.5. The molecule has 0 unspecified atom stereocenters. The highest BCUT2D eigenvalue weighted by Gasteiger charge is 2.19. The van der Waals surface area contributed by atoms with E-state index in [0.717, 1.165) is 72.7 Å². The van der Waals surface area contributed by atoms with Crippen LogP contribution < -0.4 is 10.1 Å². The van der Waals surface area contributed by atoms with Crippen LogP contribution in [0.3, 0.4) is 0 Å². The van der Waals surface area contributed by atoms with Crippen molar-refractivity contribution in [2.24, 2.45) is 0 Å². The smallest absolute Gasteiger partial charge is 0.173 e. The molecule has 0 atom stereocenters. The highest BCUT2D eigenvalue weighted by molar-refractivity contribution is 7.80. The third-order valence-electron chi connectivity index (χ3n) is 5.79. The Bertz CT molecular complexity index is 1000. The van der Waals surface area contributed by atoms with Gasteiger partial charge in [0, 0.05) is 44.0 Å². The van der Waals surface area contributed by atoms with E-state index in [1.165, 1.54) is 5.56 Å². The molecule has 0 spiro atoms. The molecule has 0 amide bonds. The van der Waals surface area contributed by atoms with Crippen LogP contribution in [0.2, 0.25) is 0 Å². The lowest BCUT2D eigenvalue weighted by molar-refractivity contribution is 0.275. The number of rotatable bonds is 6. The van der Waals surface area contributed by atoms with Crippen molar-refractivity contribution in [1.29, 1.82) is 0 Å². The Morgan fingerprint density at radius 1 is 1.03 bits per heavy atom. The quantitative estimate of drug-likeness (QED) is 0.543. The van der Waals surface area contributed by atoms with Crippen molar-refractivity contribution in [2.45, 2.75) is 33.4 Å². The Labute approximate surface area is 195 Å². The number of benzene rings is 2. The van der Waals surface area contributed by atoms with Crippen molar-refractivity contribution in [3.05, 3.63) is 77.2 Å². The van der Waals surface area contributed by atoms with Crippen LogP contribution in [0.4, 0.5) is 5.69 Å². The Morgan fingerprint density at radius 2 is 1.81 bits per heavy atom. The average molecular weight is 451 g/mol.